The number of esters is 1. The van der Waals surface area contributed by atoms with Crippen molar-refractivity contribution in [3.05, 3.63) is 29.3 Å². The first-order valence-electron chi connectivity index (χ1n) is 6.17. The maximum Gasteiger partial charge on any atom is 0.337 e. The first kappa shape index (κ1) is 18.1. The molecule has 0 aliphatic rings. The van der Waals surface area contributed by atoms with Gasteiger partial charge in [-0.2, -0.15) is 4.72 Å². The first-order valence-corrected chi connectivity index (χ1v) is 7.66. The molecule has 1 atom stereocenters. The first-order chi connectivity index (χ1) is 10.2. The van der Waals surface area contributed by atoms with Crippen LogP contribution in [0.3, 0.4) is 0 Å². The summed E-state index contributed by atoms with van der Waals surface area (Å²) in [5.74, 6) is -2.02. The van der Waals surface area contributed by atoms with Gasteiger partial charge in [0.05, 0.1) is 24.2 Å². The van der Waals surface area contributed by atoms with E-state index in [-0.39, 0.29) is 17.1 Å². The molecule has 1 aromatic rings. The molecular weight excluding hydrogens is 314 g/mol. The van der Waals surface area contributed by atoms with Gasteiger partial charge in [0.15, 0.2) is 0 Å². The van der Waals surface area contributed by atoms with E-state index in [2.05, 4.69) is 4.74 Å². The summed E-state index contributed by atoms with van der Waals surface area (Å²) in [4.78, 5) is 22.1. The smallest absolute Gasteiger partial charge is 0.337 e. The molecule has 122 valence electrons. The van der Waals surface area contributed by atoms with Gasteiger partial charge in [0.2, 0.25) is 10.0 Å². The molecule has 0 saturated heterocycles. The van der Waals surface area contributed by atoms with Crippen molar-refractivity contribution < 1.29 is 32.6 Å². The number of nitrogens with one attached hydrogen (secondary N) is 1. The van der Waals surface area contributed by atoms with E-state index < -0.39 is 28.0 Å². The minimum atomic E-state index is -4.10. The van der Waals surface area contributed by atoms with E-state index in [0.717, 1.165) is 6.07 Å². The van der Waals surface area contributed by atoms with E-state index >= 15 is 0 Å². The molecule has 0 saturated carbocycles. The fraction of sp³-hybridized carbons (Fsp3) is 0.385. The number of carbonyl (C=O) groups is 2. The Hall–Kier alpha value is -1.97. The predicted octanol–water partition coefficient (Wildman–Crippen LogP) is 0.371. The van der Waals surface area contributed by atoms with E-state index in [1.807, 2.05) is 4.72 Å². The highest BCUT2D eigenvalue weighted by molar-refractivity contribution is 7.89. The summed E-state index contributed by atoms with van der Waals surface area (Å²) < 4.78 is 35.9. The molecule has 0 aliphatic carbocycles. The van der Waals surface area contributed by atoms with Crippen LogP contribution in [-0.2, 0) is 30.9 Å². The van der Waals surface area contributed by atoms with Gasteiger partial charge in [0.1, 0.15) is 6.04 Å². The molecule has 1 aromatic carbocycles. The Kier molecular flexibility index (Phi) is 6.03. The third kappa shape index (κ3) is 4.52. The summed E-state index contributed by atoms with van der Waals surface area (Å²) in [6.45, 7) is 1.28. The number of hydrogen-bond acceptors (Lipinski definition) is 6. The number of carbonyl (C=O) groups excluding carboxylic acids is 1. The van der Waals surface area contributed by atoms with Crippen molar-refractivity contribution in [3.63, 3.8) is 0 Å². The van der Waals surface area contributed by atoms with Crippen molar-refractivity contribution in [2.75, 3.05) is 14.2 Å². The molecule has 0 aromatic heterocycles. The maximum absolute atomic E-state index is 12.2. The largest absolute Gasteiger partial charge is 0.480 e. The third-order valence-corrected chi connectivity index (χ3v) is 4.23. The maximum atomic E-state index is 12.2. The topological polar surface area (TPSA) is 119 Å². The minimum absolute atomic E-state index is 0.0282. The van der Waals surface area contributed by atoms with Gasteiger partial charge in [-0.05, 0) is 30.7 Å². The molecule has 1 unspecified atom stereocenters. The molecule has 0 fully saturated rings. The second-order valence-electron chi connectivity index (χ2n) is 4.47. The van der Waals surface area contributed by atoms with Crippen molar-refractivity contribution in [1.82, 2.24) is 4.72 Å². The van der Waals surface area contributed by atoms with Crippen LogP contribution in [0.25, 0.3) is 0 Å². The van der Waals surface area contributed by atoms with E-state index in [1.54, 1.807) is 0 Å². The number of hydrogen-bond donors (Lipinski definition) is 2. The van der Waals surface area contributed by atoms with Crippen molar-refractivity contribution in [2.24, 2.45) is 0 Å². The number of benzene rings is 1. The molecule has 22 heavy (non-hydrogen) atoms. The Morgan fingerprint density at radius 2 is 1.91 bits per heavy atom. The fourth-order valence-corrected chi connectivity index (χ4v) is 2.94. The van der Waals surface area contributed by atoms with E-state index in [0.29, 0.717) is 5.56 Å². The van der Waals surface area contributed by atoms with Gasteiger partial charge in [-0.1, -0.05) is 0 Å². The van der Waals surface area contributed by atoms with Crippen LogP contribution >= 0.6 is 0 Å². The van der Waals surface area contributed by atoms with Gasteiger partial charge in [0.25, 0.3) is 0 Å². The highest BCUT2D eigenvalue weighted by atomic mass is 32.2. The summed E-state index contributed by atoms with van der Waals surface area (Å²) in [5.41, 5.74) is 0.467. The van der Waals surface area contributed by atoms with Crippen molar-refractivity contribution in [3.8, 4) is 0 Å². The van der Waals surface area contributed by atoms with Crippen LogP contribution < -0.4 is 4.72 Å². The van der Waals surface area contributed by atoms with Crippen molar-refractivity contribution in [2.45, 2.75) is 24.5 Å². The molecule has 1 rings (SSSR count). The second kappa shape index (κ2) is 7.34. The van der Waals surface area contributed by atoms with Crippen LogP contribution in [0.2, 0.25) is 0 Å². The Bertz CT molecular complexity index is 669. The Balaban J connectivity index is 3.29. The van der Waals surface area contributed by atoms with Gasteiger partial charge in [-0.15, -0.1) is 0 Å². The zero-order chi connectivity index (χ0) is 16.9. The minimum Gasteiger partial charge on any atom is -0.480 e. The molecule has 0 spiro atoms. The van der Waals surface area contributed by atoms with E-state index in [1.165, 1.54) is 33.3 Å². The Morgan fingerprint density at radius 3 is 2.41 bits per heavy atom. The van der Waals surface area contributed by atoms with Crippen LogP contribution in [0.15, 0.2) is 23.1 Å². The lowest BCUT2D eigenvalue weighted by atomic mass is 10.1. The summed E-state index contributed by atoms with van der Waals surface area (Å²) in [7, 11) is -1.51. The number of carboxylic acid groups (broad SMARTS) is 1. The number of carboxylic acids is 1. The third-order valence-electron chi connectivity index (χ3n) is 2.71. The van der Waals surface area contributed by atoms with Crippen LogP contribution in [-0.4, -0.2) is 45.7 Å². The highest BCUT2D eigenvalue weighted by Crippen LogP contribution is 2.17. The van der Waals surface area contributed by atoms with Crippen molar-refractivity contribution >= 4 is 22.0 Å². The van der Waals surface area contributed by atoms with Crippen LogP contribution in [0, 0.1) is 0 Å². The Labute approximate surface area is 128 Å². The fourth-order valence-electron chi connectivity index (χ4n) is 1.65. The lowest BCUT2D eigenvalue weighted by molar-refractivity contribution is -0.138. The Morgan fingerprint density at radius 1 is 1.27 bits per heavy atom. The molecule has 0 radical (unpaired) electrons. The van der Waals surface area contributed by atoms with Gasteiger partial charge >= 0.3 is 11.9 Å². The average molecular weight is 331 g/mol. The summed E-state index contributed by atoms with van der Waals surface area (Å²) in [6.07, 6.45) is 0. The molecule has 8 nitrogen and oxygen atoms in total. The van der Waals surface area contributed by atoms with Gasteiger partial charge in [-0.25, -0.2) is 13.2 Å². The standard InChI is InChI=1S/C13H17NO7S/c1-8(12(15)16)14-22(18,19)11-5-9(7-20-2)4-10(6-11)13(17)21-3/h4-6,8,14H,7H2,1-3H3,(H,15,16). The quantitative estimate of drug-likeness (QED) is 0.693. The zero-order valence-electron chi connectivity index (χ0n) is 12.3. The average Bonchev–Trinajstić information content (AvgIpc) is 2.45. The number of methoxy groups -OCH3 is 2. The van der Waals surface area contributed by atoms with Gasteiger partial charge in [-0.3, -0.25) is 4.79 Å². The predicted molar refractivity (Wildman–Crippen MR) is 75.9 cm³/mol. The van der Waals surface area contributed by atoms with Crippen molar-refractivity contribution in [1.29, 1.82) is 0 Å². The summed E-state index contributed by atoms with van der Waals surface area (Å²) >= 11 is 0. The van der Waals surface area contributed by atoms with Gasteiger partial charge in [0, 0.05) is 7.11 Å². The number of ether oxygens (including phenoxy) is 2. The molecule has 0 bridgehead atoms. The van der Waals surface area contributed by atoms with E-state index in [9.17, 15) is 18.0 Å². The normalized spacial score (nSPS) is 12.7. The lowest BCUT2D eigenvalue weighted by Gasteiger charge is -2.12. The molecule has 2 N–H and O–H groups in total. The number of rotatable bonds is 7. The number of sulfonamides is 1. The molecule has 0 aliphatic heterocycles. The zero-order valence-corrected chi connectivity index (χ0v) is 13.1. The monoisotopic (exact) mass is 331 g/mol. The molecule has 0 heterocycles. The highest BCUT2D eigenvalue weighted by Gasteiger charge is 2.23. The second-order valence-corrected chi connectivity index (χ2v) is 6.19. The lowest BCUT2D eigenvalue weighted by Crippen LogP contribution is -2.38. The summed E-state index contributed by atoms with van der Waals surface area (Å²) in [5, 5.41) is 8.79. The van der Waals surface area contributed by atoms with Crippen LogP contribution in [0.5, 0.6) is 0 Å². The molecule has 9 heteroatoms. The van der Waals surface area contributed by atoms with Crippen LogP contribution in [0.4, 0.5) is 0 Å². The summed E-state index contributed by atoms with van der Waals surface area (Å²) in [6, 6.07) is 2.54. The van der Waals surface area contributed by atoms with E-state index in [4.69, 9.17) is 9.84 Å². The molecule has 0 amide bonds. The van der Waals surface area contributed by atoms with Gasteiger partial charge < -0.3 is 14.6 Å². The number of aliphatic carboxylic acids is 1. The van der Waals surface area contributed by atoms with Crippen LogP contribution in [0.1, 0.15) is 22.8 Å². The SMILES string of the molecule is COCc1cc(C(=O)OC)cc(S(=O)(=O)NC(C)C(=O)O)c1. The molecular formula is C13H17NO7S.